The normalized spacial score (nSPS) is 32.4. The van der Waals surface area contributed by atoms with Crippen molar-refractivity contribution >= 4 is 0 Å². The number of rotatable bonds is 4. The molecular weight excluding hydrogens is 196 g/mol. The lowest BCUT2D eigenvalue weighted by molar-refractivity contribution is 0.152. The second-order valence-electron chi connectivity index (χ2n) is 5.77. The molecule has 0 aromatic heterocycles. The molecule has 2 atom stereocenters. The molecule has 1 aliphatic carbocycles. The highest BCUT2D eigenvalue weighted by Crippen LogP contribution is 2.26. The van der Waals surface area contributed by atoms with E-state index in [9.17, 15) is 0 Å². The van der Waals surface area contributed by atoms with E-state index in [1.165, 1.54) is 58.2 Å². The maximum Gasteiger partial charge on any atom is 0.00952 e. The summed E-state index contributed by atoms with van der Waals surface area (Å²) in [5.41, 5.74) is 0. The Morgan fingerprint density at radius 2 is 1.94 bits per heavy atom. The average Bonchev–Trinajstić information content (AvgIpc) is 2.79. The monoisotopic (exact) mass is 224 g/mol. The molecule has 1 aliphatic heterocycles. The lowest BCUT2D eigenvalue weighted by Crippen LogP contribution is -2.43. The van der Waals surface area contributed by atoms with Crippen molar-refractivity contribution in [3.8, 4) is 0 Å². The van der Waals surface area contributed by atoms with Crippen LogP contribution in [0.3, 0.4) is 0 Å². The van der Waals surface area contributed by atoms with Gasteiger partial charge < -0.3 is 10.2 Å². The van der Waals surface area contributed by atoms with E-state index < -0.39 is 0 Å². The van der Waals surface area contributed by atoms with Crippen LogP contribution in [-0.4, -0.2) is 36.6 Å². The first kappa shape index (κ1) is 12.4. The van der Waals surface area contributed by atoms with E-state index in [1.807, 2.05) is 0 Å². The van der Waals surface area contributed by atoms with Gasteiger partial charge in [0.2, 0.25) is 0 Å². The van der Waals surface area contributed by atoms with Crippen LogP contribution in [0, 0.1) is 5.92 Å². The largest absolute Gasteiger partial charge is 0.314 e. The predicted molar refractivity (Wildman–Crippen MR) is 69.7 cm³/mol. The second-order valence-corrected chi connectivity index (χ2v) is 5.77. The zero-order valence-electron chi connectivity index (χ0n) is 11.0. The molecule has 1 heterocycles. The number of nitrogens with zero attached hydrogens (tertiary/aromatic N) is 1. The van der Waals surface area contributed by atoms with E-state index in [0.717, 1.165) is 18.0 Å². The van der Waals surface area contributed by atoms with Gasteiger partial charge in [0.05, 0.1) is 0 Å². The second kappa shape index (κ2) is 6.02. The Hall–Kier alpha value is -0.0800. The number of nitrogens with one attached hydrogen (secondary N) is 1. The maximum absolute atomic E-state index is 3.55. The van der Waals surface area contributed by atoms with Crippen molar-refractivity contribution in [2.75, 3.05) is 19.6 Å². The minimum Gasteiger partial charge on any atom is -0.314 e. The molecule has 0 radical (unpaired) electrons. The Morgan fingerprint density at radius 1 is 1.19 bits per heavy atom. The third-order valence-corrected chi connectivity index (χ3v) is 4.47. The Bertz CT molecular complexity index is 199. The highest BCUT2D eigenvalue weighted by molar-refractivity contribution is 4.82. The summed E-state index contributed by atoms with van der Waals surface area (Å²) >= 11 is 0. The van der Waals surface area contributed by atoms with E-state index >= 15 is 0 Å². The van der Waals surface area contributed by atoms with E-state index in [0.29, 0.717) is 0 Å². The summed E-state index contributed by atoms with van der Waals surface area (Å²) in [4.78, 5) is 2.76. The topological polar surface area (TPSA) is 15.3 Å². The molecule has 0 amide bonds. The Kier molecular flexibility index (Phi) is 4.66. The standard InChI is InChI=1S/C14H28N2/c1-3-16(14-6-4-5-7-14)11-13-8-9-15-12(2)10-13/h12-15H,3-11H2,1-2H3. The summed E-state index contributed by atoms with van der Waals surface area (Å²) < 4.78 is 0. The molecule has 0 aromatic rings. The highest BCUT2D eigenvalue weighted by Gasteiger charge is 2.25. The molecule has 2 aliphatic rings. The molecule has 0 aromatic carbocycles. The fourth-order valence-corrected chi connectivity index (χ4v) is 3.54. The van der Waals surface area contributed by atoms with Gasteiger partial charge in [-0.2, -0.15) is 0 Å². The SMILES string of the molecule is CCN(CC1CCNC(C)C1)C1CCCC1. The van der Waals surface area contributed by atoms with Crippen LogP contribution in [0.25, 0.3) is 0 Å². The lowest BCUT2D eigenvalue weighted by atomic mass is 9.92. The van der Waals surface area contributed by atoms with Crippen LogP contribution in [0.2, 0.25) is 0 Å². The van der Waals surface area contributed by atoms with Gasteiger partial charge in [0.15, 0.2) is 0 Å². The van der Waals surface area contributed by atoms with Gasteiger partial charge in [0.1, 0.15) is 0 Å². The molecular formula is C14H28N2. The summed E-state index contributed by atoms with van der Waals surface area (Å²) in [6.45, 7) is 8.51. The molecule has 94 valence electrons. The molecule has 2 fully saturated rings. The smallest absolute Gasteiger partial charge is 0.00952 e. The molecule has 2 nitrogen and oxygen atoms in total. The molecule has 1 saturated heterocycles. The third-order valence-electron chi connectivity index (χ3n) is 4.47. The Labute approximate surface area is 101 Å². The van der Waals surface area contributed by atoms with Gasteiger partial charge in [0, 0.05) is 18.6 Å². The average molecular weight is 224 g/mol. The fraction of sp³-hybridized carbons (Fsp3) is 1.00. The van der Waals surface area contributed by atoms with Crippen LogP contribution >= 0.6 is 0 Å². The summed E-state index contributed by atoms with van der Waals surface area (Å²) in [7, 11) is 0. The van der Waals surface area contributed by atoms with Crippen molar-refractivity contribution < 1.29 is 0 Å². The van der Waals surface area contributed by atoms with Crippen LogP contribution in [0.1, 0.15) is 52.4 Å². The molecule has 0 bridgehead atoms. The minimum atomic E-state index is 0.737. The van der Waals surface area contributed by atoms with Gasteiger partial charge in [-0.25, -0.2) is 0 Å². The number of hydrogen-bond acceptors (Lipinski definition) is 2. The van der Waals surface area contributed by atoms with Gasteiger partial charge >= 0.3 is 0 Å². The first-order valence-corrected chi connectivity index (χ1v) is 7.27. The maximum atomic E-state index is 3.55. The zero-order valence-corrected chi connectivity index (χ0v) is 11.0. The quantitative estimate of drug-likeness (QED) is 0.790. The lowest BCUT2D eigenvalue weighted by Gasteiger charge is -2.35. The van der Waals surface area contributed by atoms with Crippen LogP contribution in [0.5, 0.6) is 0 Å². The highest BCUT2D eigenvalue weighted by atomic mass is 15.2. The summed E-state index contributed by atoms with van der Waals surface area (Å²) in [5.74, 6) is 0.941. The zero-order chi connectivity index (χ0) is 11.4. The van der Waals surface area contributed by atoms with E-state index in [4.69, 9.17) is 0 Å². The Morgan fingerprint density at radius 3 is 2.56 bits per heavy atom. The predicted octanol–water partition coefficient (Wildman–Crippen LogP) is 2.64. The molecule has 2 unspecified atom stereocenters. The molecule has 1 saturated carbocycles. The van der Waals surface area contributed by atoms with Crippen molar-refractivity contribution in [2.24, 2.45) is 5.92 Å². The molecule has 16 heavy (non-hydrogen) atoms. The molecule has 1 N–H and O–H groups in total. The van der Waals surface area contributed by atoms with Crippen molar-refractivity contribution in [1.82, 2.24) is 10.2 Å². The number of hydrogen-bond donors (Lipinski definition) is 1. The minimum absolute atomic E-state index is 0.737. The van der Waals surface area contributed by atoms with E-state index in [-0.39, 0.29) is 0 Å². The van der Waals surface area contributed by atoms with E-state index in [1.54, 1.807) is 0 Å². The summed E-state index contributed by atoms with van der Waals surface area (Å²) in [6.07, 6.45) is 8.59. The van der Waals surface area contributed by atoms with Gasteiger partial charge in [-0.15, -0.1) is 0 Å². The van der Waals surface area contributed by atoms with Crippen molar-refractivity contribution in [1.29, 1.82) is 0 Å². The van der Waals surface area contributed by atoms with Crippen LogP contribution in [0.15, 0.2) is 0 Å². The molecule has 2 rings (SSSR count). The van der Waals surface area contributed by atoms with Gasteiger partial charge in [-0.05, 0) is 51.6 Å². The molecule has 2 heteroatoms. The van der Waals surface area contributed by atoms with Crippen LogP contribution < -0.4 is 5.32 Å². The van der Waals surface area contributed by atoms with Gasteiger partial charge in [-0.1, -0.05) is 19.8 Å². The van der Waals surface area contributed by atoms with Gasteiger partial charge in [0.25, 0.3) is 0 Å². The van der Waals surface area contributed by atoms with Crippen LogP contribution in [0.4, 0.5) is 0 Å². The summed E-state index contributed by atoms with van der Waals surface area (Å²) in [6, 6.07) is 1.65. The van der Waals surface area contributed by atoms with E-state index in [2.05, 4.69) is 24.1 Å². The molecule has 0 spiro atoms. The Balaban J connectivity index is 1.80. The fourth-order valence-electron chi connectivity index (χ4n) is 3.54. The first-order valence-electron chi connectivity index (χ1n) is 7.27. The first-order chi connectivity index (χ1) is 7.79. The third kappa shape index (κ3) is 3.21. The van der Waals surface area contributed by atoms with Crippen molar-refractivity contribution in [2.45, 2.75) is 64.5 Å². The van der Waals surface area contributed by atoms with Crippen molar-refractivity contribution in [3.05, 3.63) is 0 Å². The van der Waals surface area contributed by atoms with Crippen molar-refractivity contribution in [3.63, 3.8) is 0 Å². The van der Waals surface area contributed by atoms with Gasteiger partial charge in [-0.3, -0.25) is 0 Å². The summed E-state index contributed by atoms with van der Waals surface area (Å²) in [5, 5.41) is 3.55. The number of piperidine rings is 1. The van der Waals surface area contributed by atoms with Crippen LogP contribution in [-0.2, 0) is 0 Å².